The summed E-state index contributed by atoms with van der Waals surface area (Å²) in [7, 11) is 0. The van der Waals surface area contributed by atoms with Gasteiger partial charge in [0.2, 0.25) is 0 Å². The zero-order valence-electron chi connectivity index (χ0n) is 14.1. The first-order chi connectivity index (χ1) is 11.9. The number of carbonyl (C=O) groups excluding carboxylic acids is 2. The number of piperazine rings is 1. The first-order valence-electron chi connectivity index (χ1n) is 8.14. The second kappa shape index (κ2) is 7.33. The molecule has 1 atom stereocenters. The van der Waals surface area contributed by atoms with Crippen LogP contribution in [0.2, 0.25) is 0 Å². The minimum Gasteiger partial charge on any atom is -0.335 e. The molecule has 5 nitrogen and oxygen atoms in total. The van der Waals surface area contributed by atoms with E-state index in [1.807, 2.05) is 18.7 Å². The summed E-state index contributed by atoms with van der Waals surface area (Å²) in [5.74, 6) is -0.864. The lowest BCUT2D eigenvalue weighted by molar-refractivity contribution is 0.0713. The van der Waals surface area contributed by atoms with Gasteiger partial charge in [0.15, 0.2) is 0 Å². The van der Waals surface area contributed by atoms with E-state index in [0.29, 0.717) is 23.0 Å². The van der Waals surface area contributed by atoms with Crippen LogP contribution in [0.15, 0.2) is 30.3 Å². The van der Waals surface area contributed by atoms with E-state index < -0.39 is 11.7 Å². The van der Waals surface area contributed by atoms with Crippen LogP contribution in [0, 0.1) is 12.7 Å². The number of carbonyl (C=O) groups is 2. The Bertz CT molecular complexity index is 805. The Morgan fingerprint density at radius 2 is 2.16 bits per heavy atom. The van der Waals surface area contributed by atoms with Crippen LogP contribution in [-0.2, 0) is 0 Å². The summed E-state index contributed by atoms with van der Waals surface area (Å²) >= 11 is 1.25. The lowest BCUT2D eigenvalue weighted by atomic mass is 10.2. The molecule has 132 valence electrons. The van der Waals surface area contributed by atoms with E-state index in [2.05, 4.69) is 10.6 Å². The predicted molar refractivity (Wildman–Crippen MR) is 96.8 cm³/mol. The van der Waals surface area contributed by atoms with E-state index in [1.165, 1.54) is 29.5 Å². The predicted octanol–water partition coefficient (Wildman–Crippen LogP) is 2.88. The van der Waals surface area contributed by atoms with Crippen molar-refractivity contribution in [3.63, 3.8) is 0 Å². The molecule has 2 heterocycles. The molecule has 0 bridgehead atoms. The van der Waals surface area contributed by atoms with Gasteiger partial charge in [-0.15, -0.1) is 11.3 Å². The Morgan fingerprint density at radius 1 is 1.36 bits per heavy atom. The van der Waals surface area contributed by atoms with Crippen LogP contribution < -0.4 is 10.6 Å². The van der Waals surface area contributed by atoms with Gasteiger partial charge in [-0.3, -0.25) is 9.59 Å². The van der Waals surface area contributed by atoms with Crippen LogP contribution >= 0.6 is 11.3 Å². The molecule has 0 radical (unpaired) electrons. The Hall–Kier alpha value is -2.25. The molecule has 7 heteroatoms. The molecule has 1 saturated heterocycles. The van der Waals surface area contributed by atoms with Crippen molar-refractivity contribution in [1.82, 2.24) is 10.2 Å². The smallest absolute Gasteiger partial charge is 0.264 e. The van der Waals surface area contributed by atoms with E-state index >= 15 is 0 Å². The van der Waals surface area contributed by atoms with Gasteiger partial charge in [0.1, 0.15) is 5.82 Å². The van der Waals surface area contributed by atoms with Crippen molar-refractivity contribution >= 4 is 28.2 Å². The summed E-state index contributed by atoms with van der Waals surface area (Å²) in [4.78, 5) is 27.4. The highest BCUT2D eigenvalue weighted by atomic mass is 32.1. The van der Waals surface area contributed by atoms with Crippen molar-refractivity contribution in [2.45, 2.75) is 19.9 Å². The van der Waals surface area contributed by atoms with Gasteiger partial charge in [0, 0.05) is 31.2 Å². The summed E-state index contributed by atoms with van der Waals surface area (Å²) < 4.78 is 13.2. The van der Waals surface area contributed by atoms with Crippen molar-refractivity contribution < 1.29 is 14.0 Å². The normalized spacial score (nSPS) is 17.4. The van der Waals surface area contributed by atoms with Gasteiger partial charge in [-0.2, -0.15) is 0 Å². The number of halogens is 1. The summed E-state index contributed by atoms with van der Waals surface area (Å²) in [5.41, 5.74) is 1.07. The zero-order valence-corrected chi connectivity index (χ0v) is 15.0. The molecule has 0 aliphatic carbocycles. The average molecular weight is 361 g/mol. The van der Waals surface area contributed by atoms with Gasteiger partial charge >= 0.3 is 0 Å². The Balaban J connectivity index is 1.73. The molecule has 2 aromatic rings. The van der Waals surface area contributed by atoms with Gasteiger partial charge in [0.05, 0.1) is 9.88 Å². The third-order valence-electron chi connectivity index (χ3n) is 4.09. The molecule has 2 amide bonds. The standard InChI is InChI=1S/C18H20FN3O2S/c1-11-8-15(21-17(23)13-4-3-5-14(19)9-13)25-16(11)18(24)22-7-6-20-12(2)10-22/h3-5,8-9,12,20H,6-7,10H2,1-2H3,(H,21,23). The van der Waals surface area contributed by atoms with Gasteiger partial charge < -0.3 is 15.5 Å². The number of benzene rings is 1. The van der Waals surface area contributed by atoms with Crippen molar-refractivity contribution in [3.8, 4) is 0 Å². The van der Waals surface area contributed by atoms with E-state index in [-0.39, 0.29) is 17.5 Å². The number of thiophene rings is 1. The quantitative estimate of drug-likeness (QED) is 0.884. The monoisotopic (exact) mass is 361 g/mol. The first-order valence-corrected chi connectivity index (χ1v) is 8.95. The van der Waals surface area contributed by atoms with Crippen molar-refractivity contribution in [1.29, 1.82) is 0 Å². The number of aryl methyl sites for hydroxylation is 1. The van der Waals surface area contributed by atoms with Crippen molar-refractivity contribution in [3.05, 3.63) is 52.2 Å². The number of hydrogen-bond acceptors (Lipinski definition) is 4. The number of anilines is 1. The topological polar surface area (TPSA) is 61.4 Å². The van der Waals surface area contributed by atoms with Crippen LogP contribution in [0.25, 0.3) is 0 Å². The third-order valence-corrected chi connectivity index (χ3v) is 5.23. The lowest BCUT2D eigenvalue weighted by Crippen LogP contribution is -2.51. The first kappa shape index (κ1) is 17.6. The van der Waals surface area contributed by atoms with Gasteiger partial charge in [-0.1, -0.05) is 6.07 Å². The highest BCUT2D eigenvalue weighted by molar-refractivity contribution is 7.18. The van der Waals surface area contributed by atoms with Crippen LogP contribution in [0.5, 0.6) is 0 Å². The fraction of sp³-hybridized carbons (Fsp3) is 0.333. The maximum atomic E-state index is 13.2. The second-order valence-electron chi connectivity index (χ2n) is 6.19. The number of rotatable bonds is 3. The SMILES string of the molecule is Cc1cc(NC(=O)c2cccc(F)c2)sc1C(=O)N1CCNC(C)C1. The van der Waals surface area contributed by atoms with E-state index in [0.717, 1.165) is 12.1 Å². The van der Waals surface area contributed by atoms with Crippen molar-refractivity contribution in [2.75, 3.05) is 25.0 Å². The highest BCUT2D eigenvalue weighted by Gasteiger charge is 2.24. The fourth-order valence-corrected chi connectivity index (χ4v) is 3.87. The molecule has 2 N–H and O–H groups in total. The van der Waals surface area contributed by atoms with E-state index in [1.54, 1.807) is 12.1 Å². The Labute approximate surface area is 149 Å². The van der Waals surface area contributed by atoms with Crippen LogP contribution in [0.3, 0.4) is 0 Å². The van der Waals surface area contributed by atoms with E-state index in [4.69, 9.17) is 0 Å². The largest absolute Gasteiger partial charge is 0.335 e. The maximum absolute atomic E-state index is 13.2. The second-order valence-corrected chi connectivity index (χ2v) is 7.25. The molecule has 0 saturated carbocycles. The van der Waals surface area contributed by atoms with Crippen LogP contribution in [-0.4, -0.2) is 42.4 Å². The van der Waals surface area contributed by atoms with Crippen LogP contribution in [0.4, 0.5) is 9.39 Å². The summed E-state index contributed by atoms with van der Waals surface area (Å²) in [6.45, 7) is 6.02. The maximum Gasteiger partial charge on any atom is 0.264 e. The lowest BCUT2D eigenvalue weighted by Gasteiger charge is -2.31. The summed E-state index contributed by atoms with van der Waals surface area (Å²) in [5, 5.41) is 6.63. The number of nitrogens with zero attached hydrogens (tertiary/aromatic N) is 1. The minimum absolute atomic E-state index is 0.0119. The van der Waals surface area contributed by atoms with Crippen molar-refractivity contribution in [2.24, 2.45) is 0 Å². The molecule has 1 aliphatic heterocycles. The van der Waals surface area contributed by atoms with Gasteiger partial charge in [-0.05, 0) is 43.7 Å². The number of hydrogen-bond donors (Lipinski definition) is 2. The fourth-order valence-electron chi connectivity index (χ4n) is 2.83. The molecule has 1 aromatic heterocycles. The Morgan fingerprint density at radius 3 is 2.88 bits per heavy atom. The molecule has 1 unspecified atom stereocenters. The molecule has 1 aliphatic rings. The zero-order chi connectivity index (χ0) is 18.0. The molecule has 1 fully saturated rings. The van der Waals surface area contributed by atoms with Crippen LogP contribution in [0.1, 0.15) is 32.5 Å². The molecule has 0 spiro atoms. The average Bonchev–Trinajstić information content (AvgIpc) is 2.94. The summed E-state index contributed by atoms with van der Waals surface area (Å²) in [6.07, 6.45) is 0. The molecular formula is C18H20FN3O2S. The molecular weight excluding hydrogens is 341 g/mol. The number of nitrogens with one attached hydrogen (secondary N) is 2. The Kier molecular flexibility index (Phi) is 5.15. The molecule has 25 heavy (non-hydrogen) atoms. The molecule has 1 aromatic carbocycles. The van der Waals surface area contributed by atoms with E-state index in [9.17, 15) is 14.0 Å². The third kappa shape index (κ3) is 4.05. The number of amides is 2. The molecule has 3 rings (SSSR count). The van der Waals surface area contributed by atoms with Gasteiger partial charge in [0.25, 0.3) is 11.8 Å². The van der Waals surface area contributed by atoms with Gasteiger partial charge in [-0.25, -0.2) is 4.39 Å². The minimum atomic E-state index is -0.460. The summed E-state index contributed by atoms with van der Waals surface area (Å²) in [6, 6.07) is 7.56. The highest BCUT2D eigenvalue weighted by Crippen LogP contribution is 2.28.